The number of carbonyl (C=O) groups is 2. The minimum absolute atomic E-state index is 0.0518. The molecular weight excluding hydrogens is 326 g/mol. The Balaban J connectivity index is 2.86. The van der Waals surface area contributed by atoms with E-state index in [1.807, 2.05) is 0 Å². The number of azide groups is 1. The minimum Gasteiger partial charge on any atom is -0.469 e. The van der Waals surface area contributed by atoms with Gasteiger partial charge in [-0.2, -0.15) is 0 Å². The van der Waals surface area contributed by atoms with Crippen LogP contribution in [0.15, 0.2) is 17.2 Å². The number of carbonyl (C=O) groups excluding carboxylic acids is 2. The molecule has 0 aromatic heterocycles. The smallest absolute Gasteiger partial charge is 0.332 e. The van der Waals surface area contributed by atoms with Crippen molar-refractivity contribution < 1.29 is 23.8 Å². The molecule has 8 heteroatoms. The van der Waals surface area contributed by atoms with E-state index in [1.54, 1.807) is 39.8 Å². The maximum Gasteiger partial charge on any atom is 0.332 e. The van der Waals surface area contributed by atoms with Gasteiger partial charge < -0.3 is 14.2 Å². The molecule has 0 fully saturated rings. The second kappa shape index (κ2) is 9.05. The number of hydrogen-bond donors (Lipinski definition) is 0. The fraction of sp³-hybridized carbons (Fsp3) is 0.529. The van der Waals surface area contributed by atoms with Crippen molar-refractivity contribution in [1.82, 2.24) is 0 Å². The van der Waals surface area contributed by atoms with Gasteiger partial charge in [-0.05, 0) is 56.0 Å². The lowest BCUT2D eigenvalue weighted by Crippen LogP contribution is -2.26. The predicted molar refractivity (Wildman–Crippen MR) is 91.2 cm³/mol. The van der Waals surface area contributed by atoms with E-state index in [9.17, 15) is 9.59 Å². The number of esters is 2. The number of rotatable bonds is 7. The molecule has 1 aromatic rings. The molecule has 0 saturated heterocycles. The Kier molecular flexibility index (Phi) is 7.42. The fourth-order valence-electron chi connectivity index (χ4n) is 2.09. The van der Waals surface area contributed by atoms with Crippen molar-refractivity contribution in [3.63, 3.8) is 0 Å². The number of benzene rings is 1. The molecule has 25 heavy (non-hydrogen) atoms. The highest BCUT2D eigenvalue weighted by atomic mass is 16.6. The van der Waals surface area contributed by atoms with Crippen LogP contribution in [0.1, 0.15) is 37.5 Å². The van der Waals surface area contributed by atoms with E-state index >= 15 is 0 Å². The molecule has 0 aliphatic rings. The first-order valence-corrected chi connectivity index (χ1v) is 7.70. The Morgan fingerprint density at radius 1 is 1.24 bits per heavy atom. The normalized spacial score (nSPS) is 10.8. The van der Waals surface area contributed by atoms with Gasteiger partial charge in [-0.3, -0.25) is 4.79 Å². The van der Waals surface area contributed by atoms with Gasteiger partial charge in [-0.1, -0.05) is 11.2 Å². The first kappa shape index (κ1) is 20.5. The zero-order valence-electron chi connectivity index (χ0n) is 15.2. The maximum absolute atomic E-state index is 11.6. The number of nitrogens with zero attached hydrogens (tertiary/aromatic N) is 3. The summed E-state index contributed by atoms with van der Waals surface area (Å²) in [6, 6.07) is 3.42. The van der Waals surface area contributed by atoms with Crippen molar-refractivity contribution in [2.75, 3.05) is 13.7 Å². The van der Waals surface area contributed by atoms with Crippen molar-refractivity contribution in [2.24, 2.45) is 5.11 Å². The van der Waals surface area contributed by atoms with E-state index in [2.05, 4.69) is 14.8 Å². The van der Waals surface area contributed by atoms with Crippen molar-refractivity contribution >= 4 is 17.6 Å². The summed E-state index contributed by atoms with van der Waals surface area (Å²) in [5.41, 5.74) is 10.6. The molecule has 0 N–H and O–H groups in total. The molecule has 8 nitrogen and oxygen atoms in total. The van der Waals surface area contributed by atoms with Crippen LogP contribution in [0.25, 0.3) is 10.4 Å². The van der Waals surface area contributed by atoms with E-state index in [1.165, 1.54) is 7.11 Å². The topological polar surface area (TPSA) is 111 Å². The van der Waals surface area contributed by atoms with E-state index < -0.39 is 17.5 Å². The van der Waals surface area contributed by atoms with Gasteiger partial charge in [0.2, 0.25) is 0 Å². The van der Waals surface area contributed by atoms with Crippen molar-refractivity contribution in [1.29, 1.82) is 0 Å². The Morgan fingerprint density at radius 3 is 2.48 bits per heavy atom. The molecule has 136 valence electrons. The Bertz CT molecular complexity index is 688. The summed E-state index contributed by atoms with van der Waals surface area (Å²) in [5, 5.41) is 3.63. The highest BCUT2D eigenvalue weighted by Crippen LogP contribution is 2.26. The first-order chi connectivity index (χ1) is 11.7. The van der Waals surface area contributed by atoms with E-state index in [4.69, 9.17) is 15.0 Å². The molecular formula is C17H23N3O5. The molecule has 0 spiro atoms. The van der Waals surface area contributed by atoms with Gasteiger partial charge in [0.15, 0.2) is 0 Å². The summed E-state index contributed by atoms with van der Waals surface area (Å²) in [6.45, 7) is 6.99. The first-order valence-electron chi connectivity index (χ1n) is 7.70. The van der Waals surface area contributed by atoms with Crippen LogP contribution >= 0.6 is 0 Å². The van der Waals surface area contributed by atoms with Crippen molar-refractivity contribution in [2.45, 2.75) is 46.3 Å². The zero-order chi connectivity index (χ0) is 19.0. The summed E-state index contributed by atoms with van der Waals surface area (Å²) in [4.78, 5) is 26.0. The second-order valence-electron chi connectivity index (χ2n) is 6.42. The molecule has 1 rings (SSSR count). The molecule has 0 heterocycles. The number of ether oxygens (including phenoxy) is 3. The monoisotopic (exact) mass is 349 g/mol. The average molecular weight is 349 g/mol. The van der Waals surface area contributed by atoms with E-state index in [-0.39, 0.29) is 19.6 Å². The maximum atomic E-state index is 11.6. The molecule has 0 radical (unpaired) electrons. The van der Waals surface area contributed by atoms with Gasteiger partial charge in [-0.15, -0.1) is 0 Å². The lowest BCUT2D eigenvalue weighted by molar-refractivity contribution is -0.160. The van der Waals surface area contributed by atoms with Crippen LogP contribution < -0.4 is 0 Å². The summed E-state index contributed by atoms with van der Waals surface area (Å²) in [7, 11) is 1.31. The lowest BCUT2D eigenvalue weighted by Gasteiger charge is -2.19. The summed E-state index contributed by atoms with van der Waals surface area (Å²) >= 11 is 0. The second-order valence-corrected chi connectivity index (χ2v) is 6.42. The van der Waals surface area contributed by atoms with Crippen LogP contribution in [-0.4, -0.2) is 31.3 Å². The van der Waals surface area contributed by atoms with Crippen LogP contribution in [-0.2, 0) is 36.8 Å². The molecule has 0 saturated carbocycles. The Hall–Kier alpha value is -2.57. The highest BCUT2D eigenvalue weighted by molar-refractivity contribution is 5.74. The van der Waals surface area contributed by atoms with Crippen LogP contribution in [0.3, 0.4) is 0 Å². The highest BCUT2D eigenvalue weighted by Gasteiger charge is 2.16. The van der Waals surface area contributed by atoms with Gasteiger partial charge in [0.1, 0.15) is 12.2 Å². The fourth-order valence-corrected chi connectivity index (χ4v) is 2.09. The quantitative estimate of drug-likeness (QED) is 0.324. The molecule has 0 bridgehead atoms. The van der Waals surface area contributed by atoms with E-state index in [0.29, 0.717) is 22.4 Å². The minimum atomic E-state index is -0.577. The standard InChI is InChI=1S/C17H23N3O5/c1-11-13(8-15(21)23-5)6-12(7-14(11)19-20-18)9-24-10-16(22)25-17(2,3)4/h6-7H,8-10H2,1-5H3. The van der Waals surface area contributed by atoms with Gasteiger partial charge in [-0.25, -0.2) is 4.79 Å². The van der Waals surface area contributed by atoms with Gasteiger partial charge in [0.25, 0.3) is 0 Å². The molecule has 0 aliphatic heterocycles. The summed E-state index contributed by atoms with van der Waals surface area (Å²) < 4.78 is 15.2. The Labute approximate surface area is 146 Å². The molecule has 1 aromatic carbocycles. The third-order valence-corrected chi connectivity index (χ3v) is 3.17. The molecule has 0 amide bonds. The van der Waals surface area contributed by atoms with E-state index in [0.717, 1.165) is 0 Å². The van der Waals surface area contributed by atoms with Gasteiger partial charge in [0.05, 0.1) is 20.1 Å². The summed E-state index contributed by atoms with van der Waals surface area (Å²) in [6.07, 6.45) is 0.0518. The molecule has 0 atom stereocenters. The van der Waals surface area contributed by atoms with Crippen LogP contribution in [0, 0.1) is 6.92 Å². The molecule has 0 aliphatic carbocycles. The third kappa shape index (κ3) is 7.24. The number of hydrogen-bond acceptors (Lipinski definition) is 6. The van der Waals surface area contributed by atoms with Crippen molar-refractivity contribution in [3.8, 4) is 0 Å². The van der Waals surface area contributed by atoms with Crippen molar-refractivity contribution in [3.05, 3.63) is 39.3 Å². The average Bonchev–Trinajstić information content (AvgIpc) is 2.50. The van der Waals surface area contributed by atoms with Crippen LogP contribution in [0.5, 0.6) is 0 Å². The van der Waals surface area contributed by atoms with Gasteiger partial charge >= 0.3 is 11.9 Å². The Morgan fingerprint density at radius 2 is 1.92 bits per heavy atom. The van der Waals surface area contributed by atoms with Crippen LogP contribution in [0.2, 0.25) is 0 Å². The zero-order valence-corrected chi connectivity index (χ0v) is 15.2. The summed E-state index contributed by atoms with van der Waals surface area (Å²) in [5.74, 6) is -0.869. The van der Waals surface area contributed by atoms with Gasteiger partial charge in [0, 0.05) is 10.6 Å². The molecule has 0 unspecified atom stereocenters. The van der Waals surface area contributed by atoms with Crippen LogP contribution in [0.4, 0.5) is 5.69 Å². The number of methoxy groups -OCH3 is 1. The predicted octanol–water partition coefficient (Wildman–Crippen LogP) is 3.51. The largest absolute Gasteiger partial charge is 0.469 e. The SMILES string of the molecule is COC(=O)Cc1cc(COCC(=O)OC(C)(C)C)cc(N=[N+]=[N-])c1C. The lowest BCUT2D eigenvalue weighted by atomic mass is 10.0. The third-order valence-electron chi connectivity index (χ3n) is 3.17.